The topological polar surface area (TPSA) is 70.3 Å². The number of fused-ring (bicyclic) bond motifs is 3. The molecule has 0 spiro atoms. The molecule has 10 heteroatoms. The van der Waals surface area contributed by atoms with E-state index in [9.17, 15) is 13.2 Å². The summed E-state index contributed by atoms with van der Waals surface area (Å²) in [5.41, 5.74) is -2.43. The lowest BCUT2D eigenvalue weighted by Crippen LogP contribution is -2.31. The first kappa shape index (κ1) is 25.5. The molecule has 0 unspecified atom stereocenters. The third-order valence-corrected chi connectivity index (χ3v) is 6.36. The van der Waals surface area contributed by atoms with Crippen LogP contribution in [0.2, 0.25) is 0 Å². The second-order valence-electron chi connectivity index (χ2n) is 7.73. The van der Waals surface area contributed by atoms with Crippen LogP contribution in [0.15, 0.2) is 91.0 Å². The number of benzene rings is 4. The van der Waals surface area contributed by atoms with E-state index in [0.29, 0.717) is 5.05 Å². The van der Waals surface area contributed by atoms with E-state index in [-0.39, 0.29) is 0 Å². The monoisotopic (exact) mass is 529 g/mol. The fourth-order valence-electron chi connectivity index (χ4n) is 3.89. The van der Waals surface area contributed by atoms with E-state index in [0.717, 1.165) is 43.9 Å². The van der Waals surface area contributed by atoms with Crippen molar-refractivity contribution in [2.75, 3.05) is 0 Å². The number of para-hydroxylation sites is 2. The fourth-order valence-corrected chi connectivity index (χ4v) is 4.20. The zero-order valence-corrected chi connectivity index (χ0v) is 20.3. The number of rotatable bonds is 2. The second kappa shape index (κ2) is 9.81. The van der Waals surface area contributed by atoms with Gasteiger partial charge in [-0.1, -0.05) is 60.7 Å². The minimum absolute atomic E-state index is 0.490. The van der Waals surface area contributed by atoms with Crippen LogP contribution in [0.25, 0.3) is 32.6 Å². The first-order chi connectivity index (χ1) is 17.0. The van der Waals surface area contributed by atoms with Gasteiger partial charge in [0.1, 0.15) is 12.8 Å². The summed E-state index contributed by atoms with van der Waals surface area (Å²) >= 11 is 5.83. The zero-order chi connectivity index (χ0) is 26.1. The van der Waals surface area contributed by atoms with Crippen molar-refractivity contribution < 1.29 is 35.4 Å². The van der Waals surface area contributed by atoms with Crippen LogP contribution < -0.4 is 9.30 Å². The molecule has 0 saturated carbocycles. The highest BCUT2D eigenvalue weighted by molar-refractivity contribution is 7.86. The number of thiocarbonyl (C=S) groups is 1. The van der Waals surface area contributed by atoms with Crippen molar-refractivity contribution in [2.24, 2.45) is 7.05 Å². The maximum absolute atomic E-state index is 10.7. The molecule has 0 fully saturated rings. The second-order valence-corrected chi connectivity index (χ2v) is 9.48. The number of hydrogen-bond acceptors (Lipinski definition) is 5. The fraction of sp³-hybridized carbons (Fsp3) is 0.0769. The first-order valence-corrected chi connectivity index (χ1v) is 12.3. The van der Waals surface area contributed by atoms with Crippen LogP contribution in [0, 0.1) is 0 Å². The van der Waals surface area contributed by atoms with Gasteiger partial charge in [0.25, 0.3) is 0 Å². The summed E-state index contributed by atoms with van der Waals surface area (Å²) in [6.07, 6.45) is 0. The molecule has 36 heavy (non-hydrogen) atoms. The van der Waals surface area contributed by atoms with Gasteiger partial charge in [0, 0.05) is 17.5 Å². The minimum atomic E-state index is -6.09. The Kier molecular flexibility index (Phi) is 6.94. The summed E-state index contributed by atoms with van der Waals surface area (Å²) in [5, 5.41) is 4.87. The molecule has 0 radical (unpaired) electrons. The molecule has 0 bridgehead atoms. The van der Waals surface area contributed by atoms with Crippen molar-refractivity contribution >= 4 is 60.0 Å². The molecule has 0 amide bonds. The molecular formula is C26H18F3NO4S2. The molecule has 0 atom stereocenters. The number of halogens is 3. The highest BCUT2D eigenvalue weighted by Crippen LogP contribution is 2.30. The van der Waals surface area contributed by atoms with E-state index in [4.69, 9.17) is 29.9 Å². The van der Waals surface area contributed by atoms with Crippen LogP contribution in [0.1, 0.15) is 5.56 Å². The van der Waals surface area contributed by atoms with E-state index < -0.39 is 15.6 Å². The standard InChI is InChI=1S/C25H18NOS.CHF3O3S/c1-26-21-14-6-4-12-19(21)24(20-13-5-7-15-22(20)26)25(28)27-23-16-8-10-17-9-2-3-11-18(17)23;2-1(3,4)8(5,6)7/h2-16H,1H3;(H,5,6,7)/q+1;/p-1. The molecule has 5 nitrogen and oxygen atoms in total. The molecule has 0 saturated heterocycles. The Balaban J connectivity index is 0.000000331. The Morgan fingerprint density at radius 2 is 1.25 bits per heavy atom. The number of alkyl halides is 3. The molecule has 5 rings (SSSR count). The van der Waals surface area contributed by atoms with Gasteiger partial charge in [-0.15, -0.1) is 0 Å². The highest BCUT2D eigenvalue weighted by atomic mass is 32.2. The average Bonchev–Trinajstić information content (AvgIpc) is 2.84. The number of aromatic nitrogens is 1. The number of pyridine rings is 1. The van der Waals surface area contributed by atoms with Gasteiger partial charge in [0.15, 0.2) is 15.2 Å². The van der Waals surface area contributed by atoms with Gasteiger partial charge in [0.2, 0.25) is 11.0 Å². The smallest absolute Gasteiger partial charge is 0.485 e. The molecule has 1 heterocycles. The van der Waals surface area contributed by atoms with Crippen LogP contribution in [0.3, 0.4) is 0 Å². The largest absolute Gasteiger partial charge is 0.741 e. The van der Waals surface area contributed by atoms with E-state index in [2.05, 4.69) is 66.2 Å². The minimum Gasteiger partial charge on any atom is -0.741 e. The Labute approximate surface area is 210 Å². The van der Waals surface area contributed by atoms with Crippen LogP contribution in [-0.2, 0) is 17.2 Å². The molecule has 0 aliphatic carbocycles. The lowest BCUT2D eigenvalue weighted by Gasteiger charge is -2.13. The predicted molar refractivity (Wildman–Crippen MR) is 135 cm³/mol. The van der Waals surface area contributed by atoms with E-state index in [1.54, 1.807) is 0 Å². The number of aryl methyl sites for hydroxylation is 1. The Morgan fingerprint density at radius 3 is 1.78 bits per heavy atom. The summed E-state index contributed by atoms with van der Waals surface area (Å²) in [6.45, 7) is 0. The number of nitrogens with zero attached hydrogens (tertiary/aromatic N) is 1. The number of ether oxygens (including phenoxy) is 1. The maximum atomic E-state index is 10.7. The van der Waals surface area contributed by atoms with E-state index in [1.165, 1.54) is 0 Å². The molecule has 0 aliphatic rings. The summed E-state index contributed by atoms with van der Waals surface area (Å²) in [7, 11) is -4.00. The van der Waals surface area contributed by atoms with Crippen LogP contribution in [-0.4, -0.2) is 23.5 Å². The van der Waals surface area contributed by atoms with E-state index >= 15 is 0 Å². The van der Waals surface area contributed by atoms with Crippen LogP contribution in [0.4, 0.5) is 13.2 Å². The Morgan fingerprint density at radius 1 is 0.806 bits per heavy atom. The van der Waals surface area contributed by atoms with Crippen LogP contribution >= 0.6 is 12.2 Å². The van der Waals surface area contributed by atoms with Gasteiger partial charge in [0.05, 0.1) is 16.3 Å². The van der Waals surface area contributed by atoms with Gasteiger partial charge in [-0.3, -0.25) is 0 Å². The normalized spacial score (nSPS) is 11.8. The first-order valence-electron chi connectivity index (χ1n) is 10.5. The molecule has 1 aromatic heterocycles. The lowest BCUT2D eigenvalue weighted by atomic mass is 10.0. The van der Waals surface area contributed by atoms with Gasteiger partial charge in [-0.2, -0.15) is 17.7 Å². The van der Waals surface area contributed by atoms with Gasteiger partial charge < -0.3 is 9.29 Å². The van der Waals surface area contributed by atoms with Crippen molar-refractivity contribution in [3.8, 4) is 5.75 Å². The van der Waals surface area contributed by atoms with Crippen molar-refractivity contribution in [3.63, 3.8) is 0 Å². The Hall–Kier alpha value is -3.60. The quantitative estimate of drug-likeness (QED) is 0.0954. The summed E-state index contributed by atoms with van der Waals surface area (Å²) in [4.78, 5) is 0. The van der Waals surface area contributed by atoms with Crippen LogP contribution in [0.5, 0.6) is 5.75 Å². The van der Waals surface area contributed by atoms with Crippen molar-refractivity contribution in [1.29, 1.82) is 0 Å². The highest BCUT2D eigenvalue weighted by Gasteiger charge is 2.36. The molecule has 184 valence electrons. The summed E-state index contributed by atoms with van der Waals surface area (Å²) in [5.74, 6) is 0.782. The third kappa shape index (κ3) is 5.01. The van der Waals surface area contributed by atoms with Crippen molar-refractivity contribution in [1.82, 2.24) is 0 Å². The van der Waals surface area contributed by atoms with Gasteiger partial charge >= 0.3 is 5.51 Å². The van der Waals surface area contributed by atoms with E-state index in [1.807, 2.05) is 36.4 Å². The maximum Gasteiger partial charge on any atom is 0.485 e. The molecule has 0 N–H and O–H groups in total. The SMILES string of the molecule is C[n+]1c2ccccc2c(C(=S)Oc2cccc3ccccc23)c2ccccc21.O=S(=O)([O-])C(F)(F)F. The average molecular weight is 530 g/mol. The van der Waals surface area contributed by atoms with Crippen molar-refractivity contribution in [3.05, 3.63) is 96.6 Å². The predicted octanol–water partition coefficient (Wildman–Crippen LogP) is 5.78. The lowest BCUT2D eigenvalue weighted by molar-refractivity contribution is -0.617. The molecular weight excluding hydrogens is 511 g/mol. The molecule has 5 aromatic rings. The van der Waals surface area contributed by atoms with Crippen molar-refractivity contribution in [2.45, 2.75) is 5.51 Å². The molecule has 0 aliphatic heterocycles. The number of hydrogen-bond donors (Lipinski definition) is 0. The molecule has 4 aromatic carbocycles. The Bertz CT molecular complexity index is 1660. The summed E-state index contributed by atoms with van der Waals surface area (Å²) in [6, 6.07) is 30.9. The zero-order valence-electron chi connectivity index (χ0n) is 18.7. The summed E-state index contributed by atoms with van der Waals surface area (Å²) < 4.78 is 67.4. The van der Waals surface area contributed by atoms with Gasteiger partial charge in [-0.05, 0) is 35.8 Å². The third-order valence-electron chi connectivity index (χ3n) is 5.51. The van der Waals surface area contributed by atoms with Gasteiger partial charge in [-0.25, -0.2) is 8.42 Å².